The second-order valence-electron chi connectivity index (χ2n) is 6.74. The molecule has 2 aromatic heterocycles. The summed E-state index contributed by atoms with van der Waals surface area (Å²) in [6.07, 6.45) is 0. The average molecular weight is 385 g/mol. The number of thiophene rings is 1. The number of hydrogen-bond donors (Lipinski definition) is 0. The van der Waals surface area contributed by atoms with E-state index in [0.717, 1.165) is 37.7 Å². The number of nitrogens with zero attached hydrogens (tertiary/aromatic N) is 4. The van der Waals surface area contributed by atoms with E-state index in [1.807, 2.05) is 17.5 Å². The molecule has 27 heavy (non-hydrogen) atoms. The van der Waals surface area contributed by atoms with Crippen molar-refractivity contribution in [1.29, 1.82) is 0 Å². The summed E-state index contributed by atoms with van der Waals surface area (Å²) >= 11 is 1.60. The third kappa shape index (κ3) is 4.05. The Balaban J connectivity index is 1.48. The molecule has 1 atom stereocenters. The first kappa shape index (κ1) is 18.2. The summed E-state index contributed by atoms with van der Waals surface area (Å²) in [5.74, 6) is 1.23. The third-order valence-corrected chi connectivity index (χ3v) is 5.81. The fraction of sp³-hybridized carbons (Fsp3) is 0.400. The number of anilines is 1. The number of morpholine rings is 1. The molecule has 6 nitrogen and oxygen atoms in total. The van der Waals surface area contributed by atoms with E-state index in [1.54, 1.807) is 11.3 Å². The lowest BCUT2D eigenvalue weighted by atomic mass is 10.1. The van der Waals surface area contributed by atoms with Crippen LogP contribution >= 0.6 is 11.3 Å². The molecule has 1 aliphatic heterocycles. The van der Waals surface area contributed by atoms with Gasteiger partial charge in [0.05, 0.1) is 24.1 Å². The van der Waals surface area contributed by atoms with Crippen LogP contribution in [0.4, 0.5) is 5.69 Å². The zero-order chi connectivity index (χ0) is 18.6. The molecule has 1 saturated heterocycles. The molecule has 0 radical (unpaired) electrons. The monoisotopic (exact) mass is 384 g/mol. The van der Waals surface area contributed by atoms with Crippen LogP contribution in [0.2, 0.25) is 0 Å². The van der Waals surface area contributed by atoms with Crippen LogP contribution in [0.15, 0.2) is 46.2 Å². The molecule has 0 N–H and O–H groups in total. The smallest absolute Gasteiger partial charge is 0.257 e. The van der Waals surface area contributed by atoms with Crippen molar-refractivity contribution < 1.29 is 9.15 Å². The Morgan fingerprint density at radius 2 is 1.96 bits per heavy atom. The molecule has 3 aromatic rings. The zero-order valence-electron chi connectivity index (χ0n) is 15.7. The van der Waals surface area contributed by atoms with Gasteiger partial charge >= 0.3 is 0 Å². The van der Waals surface area contributed by atoms with Gasteiger partial charge in [-0.05, 0) is 37.0 Å². The SMILES string of the molecule is CC(c1nnc(-c2cccs2)o1)N(C)Cc1ccccc1N1CCOCC1. The van der Waals surface area contributed by atoms with Gasteiger partial charge in [-0.3, -0.25) is 4.90 Å². The minimum Gasteiger partial charge on any atom is -0.418 e. The van der Waals surface area contributed by atoms with Crippen molar-refractivity contribution in [3.05, 3.63) is 53.2 Å². The molecule has 0 amide bonds. The Morgan fingerprint density at radius 1 is 1.15 bits per heavy atom. The van der Waals surface area contributed by atoms with Crippen molar-refractivity contribution in [2.24, 2.45) is 0 Å². The average Bonchev–Trinajstić information content (AvgIpc) is 3.40. The minimum atomic E-state index is 0.0314. The third-order valence-electron chi connectivity index (χ3n) is 4.95. The lowest BCUT2D eigenvalue weighted by Crippen LogP contribution is -2.37. The zero-order valence-corrected chi connectivity index (χ0v) is 16.5. The molecule has 1 aliphatic rings. The topological polar surface area (TPSA) is 54.6 Å². The van der Waals surface area contributed by atoms with E-state index in [9.17, 15) is 0 Å². The highest BCUT2D eigenvalue weighted by atomic mass is 32.1. The first-order valence-electron chi connectivity index (χ1n) is 9.20. The van der Waals surface area contributed by atoms with Gasteiger partial charge in [0.2, 0.25) is 5.89 Å². The molecule has 0 spiro atoms. The Labute approximate surface area is 163 Å². The predicted octanol–water partition coefficient (Wildman–Crippen LogP) is 3.83. The normalized spacial score (nSPS) is 16.0. The minimum absolute atomic E-state index is 0.0314. The van der Waals surface area contributed by atoms with Gasteiger partial charge in [0, 0.05) is 25.3 Å². The molecule has 4 rings (SSSR count). The van der Waals surface area contributed by atoms with E-state index in [1.165, 1.54) is 11.3 Å². The maximum Gasteiger partial charge on any atom is 0.257 e. The molecule has 142 valence electrons. The second kappa shape index (κ2) is 8.21. The summed E-state index contributed by atoms with van der Waals surface area (Å²) in [5.41, 5.74) is 2.58. The van der Waals surface area contributed by atoms with Crippen LogP contribution in [-0.4, -0.2) is 48.4 Å². The van der Waals surface area contributed by atoms with Crippen LogP contribution in [0.5, 0.6) is 0 Å². The van der Waals surface area contributed by atoms with Crippen LogP contribution in [0.3, 0.4) is 0 Å². The highest BCUT2D eigenvalue weighted by Crippen LogP contribution is 2.28. The lowest BCUT2D eigenvalue weighted by Gasteiger charge is -2.32. The Bertz CT molecular complexity index is 859. The van der Waals surface area contributed by atoms with E-state index >= 15 is 0 Å². The quantitative estimate of drug-likeness (QED) is 0.644. The Hall–Kier alpha value is -2.22. The van der Waals surface area contributed by atoms with Crippen LogP contribution in [0, 0.1) is 0 Å². The largest absolute Gasteiger partial charge is 0.418 e. The van der Waals surface area contributed by atoms with Gasteiger partial charge in [-0.15, -0.1) is 21.5 Å². The van der Waals surface area contributed by atoms with Gasteiger partial charge in [0.15, 0.2) is 0 Å². The van der Waals surface area contributed by atoms with Gasteiger partial charge in [-0.2, -0.15) is 0 Å². The van der Waals surface area contributed by atoms with Crippen LogP contribution < -0.4 is 4.90 Å². The van der Waals surface area contributed by atoms with Gasteiger partial charge in [0.25, 0.3) is 5.89 Å². The van der Waals surface area contributed by atoms with Crippen molar-refractivity contribution in [2.45, 2.75) is 19.5 Å². The Morgan fingerprint density at radius 3 is 2.74 bits per heavy atom. The van der Waals surface area contributed by atoms with Gasteiger partial charge in [-0.25, -0.2) is 0 Å². The summed E-state index contributed by atoms with van der Waals surface area (Å²) < 4.78 is 11.4. The summed E-state index contributed by atoms with van der Waals surface area (Å²) in [7, 11) is 2.09. The van der Waals surface area contributed by atoms with Crippen molar-refractivity contribution in [2.75, 3.05) is 38.3 Å². The molecule has 7 heteroatoms. The number of para-hydroxylation sites is 1. The van der Waals surface area contributed by atoms with E-state index in [2.05, 4.69) is 58.2 Å². The summed E-state index contributed by atoms with van der Waals surface area (Å²) in [6, 6.07) is 12.6. The van der Waals surface area contributed by atoms with Gasteiger partial charge < -0.3 is 14.1 Å². The van der Waals surface area contributed by atoms with E-state index in [-0.39, 0.29) is 6.04 Å². The number of hydrogen-bond acceptors (Lipinski definition) is 7. The molecule has 0 aliphatic carbocycles. The van der Waals surface area contributed by atoms with E-state index in [4.69, 9.17) is 9.15 Å². The lowest BCUT2D eigenvalue weighted by molar-refractivity contribution is 0.122. The molecule has 1 aromatic carbocycles. The van der Waals surface area contributed by atoms with Gasteiger partial charge in [-0.1, -0.05) is 24.3 Å². The number of rotatable bonds is 6. The first-order valence-corrected chi connectivity index (χ1v) is 10.1. The van der Waals surface area contributed by atoms with Gasteiger partial charge in [0.1, 0.15) is 0 Å². The molecular formula is C20H24N4O2S. The Kier molecular flexibility index (Phi) is 5.52. The van der Waals surface area contributed by atoms with Crippen molar-refractivity contribution in [3.63, 3.8) is 0 Å². The summed E-state index contributed by atoms with van der Waals surface area (Å²) in [6.45, 7) is 6.35. The number of ether oxygens (including phenoxy) is 1. The number of benzene rings is 1. The van der Waals surface area contributed by atoms with Crippen molar-refractivity contribution >= 4 is 17.0 Å². The molecule has 3 heterocycles. The maximum atomic E-state index is 5.91. The van der Waals surface area contributed by atoms with Crippen molar-refractivity contribution in [1.82, 2.24) is 15.1 Å². The second-order valence-corrected chi connectivity index (χ2v) is 7.69. The van der Waals surface area contributed by atoms with Crippen LogP contribution in [-0.2, 0) is 11.3 Å². The fourth-order valence-electron chi connectivity index (χ4n) is 3.25. The molecule has 1 fully saturated rings. The first-order chi connectivity index (χ1) is 13.2. The highest BCUT2D eigenvalue weighted by Gasteiger charge is 2.21. The molecule has 1 unspecified atom stereocenters. The van der Waals surface area contributed by atoms with Crippen molar-refractivity contribution in [3.8, 4) is 10.8 Å². The molecule has 0 saturated carbocycles. The molecular weight excluding hydrogens is 360 g/mol. The molecule has 0 bridgehead atoms. The standard InChI is InChI=1S/C20H24N4O2S/c1-15(19-21-22-20(26-19)18-8-5-13-27-18)23(2)14-16-6-3-4-7-17(16)24-9-11-25-12-10-24/h3-8,13,15H,9-12,14H2,1-2H3. The van der Waals surface area contributed by atoms with Crippen LogP contribution in [0.25, 0.3) is 10.8 Å². The van der Waals surface area contributed by atoms with Crippen LogP contribution in [0.1, 0.15) is 24.4 Å². The fourth-order valence-corrected chi connectivity index (χ4v) is 3.90. The highest BCUT2D eigenvalue weighted by molar-refractivity contribution is 7.13. The summed E-state index contributed by atoms with van der Waals surface area (Å²) in [4.78, 5) is 5.64. The van der Waals surface area contributed by atoms with E-state index < -0.39 is 0 Å². The summed E-state index contributed by atoms with van der Waals surface area (Å²) in [5, 5.41) is 10.5. The number of aromatic nitrogens is 2. The predicted molar refractivity (Wildman–Crippen MR) is 107 cm³/mol. The van der Waals surface area contributed by atoms with E-state index in [0.29, 0.717) is 11.8 Å². The maximum absolute atomic E-state index is 5.91.